The smallest absolute Gasteiger partial charge is 0.321 e. The van der Waals surface area contributed by atoms with Gasteiger partial charge in [-0.15, -0.1) is 5.10 Å². The Morgan fingerprint density at radius 2 is 2.25 bits per heavy atom. The summed E-state index contributed by atoms with van der Waals surface area (Å²) in [5.74, 6) is 0.624. The number of rotatable bonds is 3. The maximum atomic E-state index is 5.93. The molecule has 0 unspecified atom stereocenters. The zero-order valence-corrected chi connectivity index (χ0v) is 9.48. The van der Waals surface area contributed by atoms with Gasteiger partial charge >= 0.3 is 6.01 Å². The van der Waals surface area contributed by atoms with Gasteiger partial charge in [-0.1, -0.05) is 22.8 Å². The number of aromatic nitrogens is 3. The largest absolute Gasteiger partial charge is 0.467 e. The van der Waals surface area contributed by atoms with Crippen LogP contribution in [0, 0.1) is 0 Å². The molecule has 0 aliphatic rings. The number of hydrogen-bond donors (Lipinski definition) is 1. The predicted octanol–water partition coefficient (Wildman–Crippen LogP) is 1.39. The van der Waals surface area contributed by atoms with E-state index in [0.29, 0.717) is 16.9 Å². The Labute approximate surface area is 97.8 Å². The quantitative estimate of drug-likeness (QED) is 0.878. The van der Waals surface area contributed by atoms with Crippen LogP contribution >= 0.6 is 11.6 Å². The molecule has 5 nitrogen and oxygen atoms in total. The lowest BCUT2D eigenvalue weighted by Crippen LogP contribution is -2.07. The molecule has 0 bridgehead atoms. The monoisotopic (exact) mass is 238 g/mol. The molecule has 0 saturated carbocycles. The number of hydrogen-bond acceptors (Lipinski definition) is 4. The van der Waals surface area contributed by atoms with E-state index >= 15 is 0 Å². The standard InChI is InChI=1S/C10H11ClN4O/c1-16-10-14-13-9(6-12)15(10)8-4-2-3-7(11)5-8/h2-5H,6,12H2,1H3. The highest BCUT2D eigenvalue weighted by Crippen LogP contribution is 2.20. The minimum atomic E-state index is 0.281. The van der Waals surface area contributed by atoms with Gasteiger partial charge in [-0.25, -0.2) is 4.57 Å². The SMILES string of the molecule is COc1nnc(CN)n1-c1cccc(Cl)c1. The molecule has 0 radical (unpaired) electrons. The lowest BCUT2D eigenvalue weighted by molar-refractivity contribution is 0.371. The number of nitrogens with zero attached hydrogens (tertiary/aromatic N) is 3. The molecule has 0 fully saturated rings. The van der Waals surface area contributed by atoms with Crippen molar-refractivity contribution in [1.82, 2.24) is 14.8 Å². The second kappa shape index (κ2) is 4.51. The highest BCUT2D eigenvalue weighted by atomic mass is 35.5. The minimum Gasteiger partial charge on any atom is -0.467 e. The van der Waals surface area contributed by atoms with E-state index in [1.807, 2.05) is 12.1 Å². The van der Waals surface area contributed by atoms with E-state index in [-0.39, 0.29) is 6.54 Å². The molecular weight excluding hydrogens is 228 g/mol. The maximum absolute atomic E-state index is 5.93. The van der Waals surface area contributed by atoms with E-state index < -0.39 is 0 Å². The van der Waals surface area contributed by atoms with E-state index in [9.17, 15) is 0 Å². The third kappa shape index (κ3) is 1.87. The molecule has 0 aliphatic carbocycles. The maximum Gasteiger partial charge on any atom is 0.321 e. The van der Waals surface area contributed by atoms with Crippen LogP contribution in [0.1, 0.15) is 5.82 Å². The first-order valence-corrected chi connectivity index (χ1v) is 5.08. The highest BCUT2D eigenvalue weighted by molar-refractivity contribution is 6.30. The summed E-state index contributed by atoms with van der Waals surface area (Å²) in [5, 5.41) is 8.45. The summed E-state index contributed by atoms with van der Waals surface area (Å²) in [5.41, 5.74) is 6.41. The van der Waals surface area contributed by atoms with E-state index in [2.05, 4.69) is 10.2 Å². The van der Waals surface area contributed by atoms with Crippen LogP contribution in [-0.2, 0) is 6.54 Å². The van der Waals surface area contributed by atoms with Gasteiger partial charge in [0.2, 0.25) is 0 Å². The first-order valence-electron chi connectivity index (χ1n) is 4.70. The van der Waals surface area contributed by atoms with Gasteiger partial charge in [0, 0.05) is 5.02 Å². The van der Waals surface area contributed by atoms with Crippen LogP contribution in [-0.4, -0.2) is 21.9 Å². The molecular formula is C10H11ClN4O. The zero-order valence-electron chi connectivity index (χ0n) is 8.72. The number of halogens is 1. The van der Waals surface area contributed by atoms with Crippen LogP contribution in [0.2, 0.25) is 5.02 Å². The molecule has 1 aromatic heterocycles. The summed E-state index contributed by atoms with van der Waals surface area (Å²) >= 11 is 5.93. The number of ether oxygens (including phenoxy) is 1. The summed E-state index contributed by atoms with van der Waals surface area (Å²) < 4.78 is 6.84. The average molecular weight is 239 g/mol. The fourth-order valence-electron chi connectivity index (χ4n) is 1.44. The van der Waals surface area contributed by atoms with Gasteiger partial charge in [0.1, 0.15) is 0 Å². The first-order chi connectivity index (χ1) is 7.76. The number of benzene rings is 1. The zero-order chi connectivity index (χ0) is 11.5. The van der Waals surface area contributed by atoms with Gasteiger partial charge in [-0.3, -0.25) is 0 Å². The third-order valence-corrected chi connectivity index (χ3v) is 2.37. The normalized spacial score (nSPS) is 10.4. The Kier molecular flexibility index (Phi) is 3.07. The summed E-state index contributed by atoms with van der Waals surface area (Å²) in [6.45, 7) is 0.281. The van der Waals surface area contributed by atoms with Crippen molar-refractivity contribution in [1.29, 1.82) is 0 Å². The van der Waals surface area contributed by atoms with Crippen molar-refractivity contribution >= 4 is 11.6 Å². The Balaban J connectivity index is 2.57. The Morgan fingerprint density at radius 3 is 2.88 bits per heavy atom. The van der Waals surface area contributed by atoms with Gasteiger partial charge in [0.05, 0.1) is 19.3 Å². The van der Waals surface area contributed by atoms with Gasteiger partial charge < -0.3 is 10.5 Å². The van der Waals surface area contributed by atoms with Crippen LogP contribution < -0.4 is 10.5 Å². The third-order valence-electron chi connectivity index (χ3n) is 2.13. The fraction of sp³-hybridized carbons (Fsp3) is 0.200. The Morgan fingerprint density at radius 1 is 1.44 bits per heavy atom. The van der Waals surface area contributed by atoms with Crippen molar-refractivity contribution in [3.8, 4) is 11.7 Å². The number of nitrogens with two attached hydrogens (primary N) is 1. The average Bonchev–Trinajstić information content (AvgIpc) is 2.71. The number of methoxy groups -OCH3 is 1. The van der Waals surface area contributed by atoms with Crippen molar-refractivity contribution in [2.75, 3.05) is 7.11 Å². The summed E-state index contributed by atoms with van der Waals surface area (Å²) in [4.78, 5) is 0. The molecule has 0 atom stereocenters. The van der Waals surface area contributed by atoms with Crippen molar-refractivity contribution in [3.05, 3.63) is 35.1 Å². The minimum absolute atomic E-state index is 0.281. The van der Waals surface area contributed by atoms with Gasteiger partial charge in [-0.2, -0.15) is 0 Å². The molecule has 1 aromatic carbocycles. The second-order valence-electron chi connectivity index (χ2n) is 3.12. The lowest BCUT2D eigenvalue weighted by atomic mass is 10.3. The molecule has 2 N–H and O–H groups in total. The molecule has 0 saturated heterocycles. The van der Waals surface area contributed by atoms with E-state index in [1.165, 1.54) is 7.11 Å². The predicted molar refractivity (Wildman–Crippen MR) is 60.8 cm³/mol. The Hall–Kier alpha value is -1.59. The van der Waals surface area contributed by atoms with Crippen LogP contribution in [0.15, 0.2) is 24.3 Å². The van der Waals surface area contributed by atoms with Crippen molar-refractivity contribution in [2.24, 2.45) is 5.73 Å². The lowest BCUT2D eigenvalue weighted by Gasteiger charge is -2.08. The first kappa shape index (κ1) is 10.9. The second-order valence-corrected chi connectivity index (χ2v) is 3.56. The summed E-state index contributed by atoms with van der Waals surface area (Å²) in [6, 6.07) is 7.72. The van der Waals surface area contributed by atoms with E-state index in [4.69, 9.17) is 22.1 Å². The Bertz CT molecular complexity index is 476. The summed E-state index contributed by atoms with van der Waals surface area (Å²) in [7, 11) is 1.53. The van der Waals surface area contributed by atoms with Crippen LogP contribution in [0.5, 0.6) is 6.01 Å². The molecule has 0 aliphatic heterocycles. The molecule has 1 heterocycles. The summed E-state index contributed by atoms with van der Waals surface area (Å²) in [6.07, 6.45) is 0. The van der Waals surface area contributed by atoms with E-state index in [0.717, 1.165) is 5.69 Å². The van der Waals surface area contributed by atoms with Gasteiger partial charge in [0.15, 0.2) is 5.82 Å². The van der Waals surface area contributed by atoms with E-state index in [1.54, 1.807) is 16.7 Å². The highest BCUT2D eigenvalue weighted by Gasteiger charge is 2.12. The fourth-order valence-corrected chi connectivity index (χ4v) is 1.62. The van der Waals surface area contributed by atoms with Crippen molar-refractivity contribution in [2.45, 2.75) is 6.54 Å². The van der Waals surface area contributed by atoms with Crippen LogP contribution in [0.4, 0.5) is 0 Å². The van der Waals surface area contributed by atoms with Crippen molar-refractivity contribution < 1.29 is 4.74 Å². The van der Waals surface area contributed by atoms with Gasteiger partial charge in [0.25, 0.3) is 0 Å². The molecule has 2 aromatic rings. The topological polar surface area (TPSA) is 66.0 Å². The molecule has 2 rings (SSSR count). The van der Waals surface area contributed by atoms with Gasteiger partial charge in [-0.05, 0) is 18.2 Å². The molecule has 6 heteroatoms. The molecule has 0 spiro atoms. The molecule has 84 valence electrons. The molecule has 16 heavy (non-hydrogen) atoms. The van der Waals surface area contributed by atoms with Crippen LogP contribution in [0.3, 0.4) is 0 Å². The van der Waals surface area contributed by atoms with Crippen LogP contribution in [0.25, 0.3) is 5.69 Å². The van der Waals surface area contributed by atoms with Crippen molar-refractivity contribution in [3.63, 3.8) is 0 Å². The molecule has 0 amide bonds.